The minimum absolute atomic E-state index is 0.329. The van der Waals surface area contributed by atoms with Crippen LogP contribution >= 0.6 is 0 Å². The van der Waals surface area contributed by atoms with Crippen LogP contribution in [0.1, 0.15) is 11.3 Å². The van der Waals surface area contributed by atoms with Gasteiger partial charge >= 0.3 is 0 Å². The van der Waals surface area contributed by atoms with Crippen LogP contribution in [0.5, 0.6) is 5.75 Å². The van der Waals surface area contributed by atoms with Crippen molar-refractivity contribution in [2.75, 3.05) is 7.11 Å². The Morgan fingerprint density at radius 1 is 1.47 bits per heavy atom. The number of rotatable bonds is 3. The van der Waals surface area contributed by atoms with Crippen LogP contribution in [0.15, 0.2) is 18.2 Å². The molecule has 0 spiro atoms. The van der Waals surface area contributed by atoms with Gasteiger partial charge in [-0.3, -0.25) is 5.10 Å². The molecule has 0 saturated heterocycles. The molecule has 17 heavy (non-hydrogen) atoms. The highest BCUT2D eigenvalue weighted by molar-refractivity contribution is 5.70. The molecule has 1 aromatic carbocycles. The summed E-state index contributed by atoms with van der Waals surface area (Å²) >= 11 is 0. The summed E-state index contributed by atoms with van der Waals surface area (Å²) in [5, 5.41) is 7.00. The van der Waals surface area contributed by atoms with Crippen LogP contribution in [0, 0.1) is 12.7 Å². The van der Waals surface area contributed by atoms with Crippen molar-refractivity contribution in [2.24, 2.45) is 5.73 Å². The van der Waals surface area contributed by atoms with Gasteiger partial charge in [0, 0.05) is 23.4 Å². The van der Waals surface area contributed by atoms with Crippen LogP contribution < -0.4 is 10.5 Å². The summed E-state index contributed by atoms with van der Waals surface area (Å²) < 4.78 is 18.5. The maximum Gasteiger partial charge on any atom is 0.128 e. The van der Waals surface area contributed by atoms with E-state index in [-0.39, 0.29) is 5.82 Å². The minimum Gasteiger partial charge on any atom is -0.496 e. The van der Waals surface area contributed by atoms with E-state index in [1.54, 1.807) is 13.2 Å². The van der Waals surface area contributed by atoms with E-state index in [2.05, 4.69) is 10.2 Å². The van der Waals surface area contributed by atoms with Crippen molar-refractivity contribution in [3.05, 3.63) is 35.3 Å². The Kier molecular flexibility index (Phi) is 3.10. The Morgan fingerprint density at radius 3 is 2.88 bits per heavy atom. The van der Waals surface area contributed by atoms with Gasteiger partial charge in [0.15, 0.2) is 0 Å². The fraction of sp³-hybridized carbons (Fsp3) is 0.250. The van der Waals surface area contributed by atoms with E-state index >= 15 is 0 Å². The summed E-state index contributed by atoms with van der Waals surface area (Å²) in [5.74, 6) is 0.247. The predicted molar refractivity (Wildman–Crippen MR) is 63.2 cm³/mol. The molecule has 5 heteroatoms. The molecule has 90 valence electrons. The standard InChI is InChI=1S/C12H14FN3O/c1-7-10(6-14)12(16-15-7)9-5-8(13)3-4-11(9)17-2/h3-5H,6,14H2,1-2H3,(H,15,16). The molecule has 0 amide bonds. The average Bonchev–Trinajstić information content (AvgIpc) is 2.70. The molecular formula is C12H14FN3O. The second kappa shape index (κ2) is 4.55. The summed E-state index contributed by atoms with van der Waals surface area (Å²) in [6.07, 6.45) is 0. The first-order valence-corrected chi connectivity index (χ1v) is 5.25. The number of nitrogens with two attached hydrogens (primary N) is 1. The number of nitrogens with zero attached hydrogens (tertiary/aromatic N) is 1. The second-order valence-electron chi connectivity index (χ2n) is 3.72. The first-order valence-electron chi connectivity index (χ1n) is 5.25. The quantitative estimate of drug-likeness (QED) is 0.855. The maximum atomic E-state index is 13.3. The molecule has 2 rings (SSSR count). The van der Waals surface area contributed by atoms with Gasteiger partial charge in [-0.1, -0.05) is 0 Å². The summed E-state index contributed by atoms with van der Waals surface area (Å²) in [6.45, 7) is 2.22. The number of aromatic amines is 1. The van der Waals surface area contributed by atoms with Crippen molar-refractivity contribution in [1.29, 1.82) is 0 Å². The van der Waals surface area contributed by atoms with E-state index in [1.807, 2.05) is 6.92 Å². The molecule has 0 radical (unpaired) electrons. The van der Waals surface area contributed by atoms with Gasteiger partial charge in [0.25, 0.3) is 0 Å². The monoisotopic (exact) mass is 235 g/mol. The summed E-state index contributed by atoms with van der Waals surface area (Å²) in [5.41, 5.74) is 8.67. The summed E-state index contributed by atoms with van der Waals surface area (Å²) in [4.78, 5) is 0. The molecule has 0 aliphatic carbocycles. The van der Waals surface area contributed by atoms with Gasteiger partial charge in [-0.25, -0.2) is 4.39 Å². The number of halogens is 1. The Bertz CT molecular complexity index is 537. The van der Waals surface area contributed by atoms with E-state index < -0.39 is 0 Å². The molecule has 0 fully saturated rings. The van der Waals surface area contributed by atoms with Gasteiger partial charge in [0.1, 0.15) is 17.3 Å². The van der Waals surface area contributed by atoms with Crippen LogP contribution in [0.2, 0.25) is 0 Å². The fourth-order valence-electron chi connectivity index (χ4n) is 1.79. The van der Waals surface area contributed by atoms with Gasteiger partial charge in [-0.2, -0.15) is 5.10 Å². The molecule has 2 aromatic rings. The highest BCUT2D eigenvalue weighted by Gasteiger charge is 2.15. The lowest BCUT2D eigenvalue weighted by molar-refractivity contribution is 0.415. The average molecular weight is 235 g/mol. The van der Waals surface area contributed by atoms with Crippen molar-refractivity contribution >= 4 is 0 Å². The molecule has 0 saturated carbocycles. The Labute approximate surface area is 98.6 Å². The molecule has 0 bridgehead atoms. The fourth-order valence-corrected chi connectivity index (χ4v) is 1.79. The van der Waals surface area contributed by atoms with Crippen molar-refractivity contribution in [1.82, 2.24) is 10.2 Å². The zero-order chi connectivity index (χ0) is 12.4. The number of benzene rings is 1. The highest BCUT2D eigenvalue weighted by Crippen LogP contribution is 2.32. The molecular weight excluding hydrogens is 221 g/mol. The molecule has 0 unspecified atom stereocenters. The van der Waals surface area contributed by atoms with E-state index in [9.17, 15) is 4.39 Å². The Morgan fingerprint density at radius 2 is 2.24 bits per heavy atom. The first kappa shape index (κ1) is 11.6. The SMILES string of the molecule is COc1ccc(F)cc1-c1n[nH]c(C)c1CN. The number of hydrogen-bond donors (Lipinski definition) is 2. The molecule has 3 N–H and O–H groups in total. The number of ether oxygens (including phenoxy) is 1. The lowest BCUT2D eigenvalue weighted by Crippen LogP contribution is -2.00. The largest absolute Gasteiger partial charge is 0.496 e. The number of methoxy groups -OCH3 is 1. The van der Waals surface area contributed by atoms with E-state index in [1.165, 1.54) is 12.1 Å². The lowest BCUT2D eigenvalue weighted by Gasteiger charge is -2.07. The third-order valence-electron chi connectivity index (χ3n) is 2.69. The predicted octanol–water partition coefficient (Wildman–Crippen LogP) is 1.99. The number of hydrogen-bond acceptors (Lipinski definition) is 3. The van der Waals surface area contributed by atoms with Gasteiger partial charge in [-0.15, -0.1) is 0 Å². The van der Waals surface area contributed by atoms with Gasteiger partial charge in [-0.05, 0) is 25.1 Å². The van der Waals surface area contributed by atoms with Crippen molar-refractivity contribution in [3.63, 3.8) is 0 Å². The third-order valence-corrected chi connectivity index (χ3v) is 2.69. The second-order valence-corrected chi connectivity index (χ2v) is 3.72. The molecule has 1 heterocycles. The number of aromatic nitrogens is 2. The number of H-pyrrole nitrogens is 1. The molecule has 1 aromatic heterocycles. The van der Waals surface area contributed by atoms with Gasteiger partial charge < -0.3 is 10.5 Å². The van der Waals surface area contributed by atoms with Crippen LogP contribution in [-0.4, -0.2) is 17.3 Å². The summed E-state index contributed by atoms with van der Waals surface area (Å²) in [6, 6.07) is 4.33. The normalized spacial score (nSPS) is 10.6. The summed E-state index contributed by atoms with van der Waals surface area (Å²) in [7, 11) is 1.54. The van der Waals surface area contributed by atoms with E-state index in [0.717, 1.165) is 11.3 Å². The van der Waals surface area contributed by atoms with Gasteiger partial charge in [0.2, 0.25) is 0 Å². The smallest absolute Gasteiger partial charge is 0.128 e. The van der Waals surface area contributed by atoms with Crippen LogP contribution in [-0.2, 0) is 6.54 Å². The van der Waals surface area contributed by atoms with Crippen molar-refractivity contribution < 1.29 is 9.13 Å². The zero-order valence-electron chi connectivity index (χ0n) is 9.75. The van der Waals surface area contributed by atoms with Gasteiger partial charge in [0.05, 0.1) is 7.11 Å². The highest BCUT2D eigenvalue weighted by atomic mass is 19.1. The Hall–Kier alpha value is -1.88. The van der Waals surface area contributed by atoms with Crippen LogP contribution in [0.4, 0.5) is 4.39 Å². The molecule has 0 atom stereocenters. The van der Waals surface area contributed by atoms with E-state index in [4.69, 9.17) is 10.5 Å². The van der Waals surface area contributed by atoms with E-state index in [0.29, 0.717) is 23.6 Å². The zero-order valence-corrected chi connectivity index (χ0v) is 9.75. The maximum absolute atomic E-state index is 13.3. The van der Waals surface area contributed by atoms with Crippen molar-refractivity contribution in [2.45, 2.75) is 13.5 Å². The molecule has 4 nitrogen and oxygen atoms in total. The Balaban J connectivity index is 2.62. The number of nitrogens with one attached hydrogen (secondary N) is 1. The molecule has 0 aliphatic heterocycles. The number of aryl methyl sites for hydroxylation is 1. The third kappa shape index (κ3) is 2.01. The van der Waals surface area contributed by atoms with Crippen molar-refractivity contribution in [3.8, 4) is 17.0 Å². The molecule has 0 aliphatic rings. The topological polar surface area (TPSA) is 63.9 Å². The lowest BCUT2D eigenvalue weighted by atomic mass is 10.1. The first-order chi connectivity index (χ1) is 8.17. The van der Waals surface area contributed by atoms with Crippen LogP contribution in [0.3, 0.4) is 0 Å². The van der Waals surface area contributed by atoms with Crippen LogP contribution in [0.25, 0.3) is 11.3 Å². The minimum atomic E-state index is -0.329.